The first-order chi connectivity index (χ1) is 5.72. The molecule has 0 saturated carbocycles. The fourth-order valence-electron chi connectivity index (χ4n) is 0.560. The van der Waals surface area contributed by atoms with E-state index in [2.05, 4.69) is 15.9 Å². The second-order valence-corrected chi connectivity index (χ2v) is 2.52. The first-order valence-corrected chi connectivity index (χ1v) is 3.74. The first-order valence-electron chi connectivity index (χ1n) is 2.98. The van der Waals surface area contributed by atoms with Crippen LogP contribution < -0.4 is 4.74 Å². The molecule has 1 aromatic rings. The lowest BCUT2D eigenvalue weighted by molar-refractivity contribution is 0.355. The van der Waals surface area contributed by atoms with Gasteiger partial charge in [-0.3, -0.25) is 0 Å². The van der Waals surface area contributed by atoms with Crippen molar-refractivity contribution in [3.63, 3.8) is 0 Å². The molecule has 0 amide bonds. The molecule has 1 rings (SSSR count). The van der Waals surface area contributed by atoms with E-state index >= 15 is 0 Å². The molecule has 0 bridgehead atoms. The molecule has 0 aliphatic heterocycles. The van der Waals surface area contributed by atoms with Gasteiger partial charge in [0, 0.05) is 6.07 Å². The average Bonchev–Trinajstić information content (AvgIpc) is 1.99. The van der Waals surface area contributed by atoms with Gasteiger partial charge in [-0.25, -0.2) is 4.98 Å². The van der Waals surface area contributed by atoms with Gasteiger partial charge in [0.1, 0.15) is 5.15 Å². The molecule has 1 heterocycles. The van der Waals surface area contributed by atoms with Crippen LogP contribution in [0.15, 0.2) is 6.07 Å². The molecule has 0 saturated heterocycles. The van der Waals surface area contributed by atoms with Crippen molar-refractivity contribution in [3.8, 4) is 18.2 Å². The minimum Gasteiger partial charge on any atom is -0.464 e. The van der Waals surface area contributed by atoms with Crippen LogP contribution in [0.4, 0.5) is 0 Å². The standard InChI is InChI=1S/C7H4Cl2N2O/c1-2-3-12-6-4-5(8)10-7(9)11-6/h1,4H,3H2. The topological polar surface area (TPSA) is 35.0 Å². The molecule has 0 aromatic carbocycles. The highest BCUT2D eigenvalue weighted by Gasteiger charge is 2.00. The van der Waals surface area contributed by atoms with E-state index in [0.29, 0.717) is 0 Å². The molecule has 62 valence electrons. The van der Waals surface area contributed by atoms with Crippen LogP contribution >= 0.6 is 23.2 Å². The summed E-state index contributed by atoms with van der Waals surface area (Å²) < 4.78 is 4.96. The fraction of sp³-hybridized carbons (Fsp3) is 0.143. The van der Waals surface area contributed by atoms with Gasteiger partial charge in [0.2, 0.25) is 11.2 Å². The molecule has 0 radical (unpaired) electrons. The molecule has 3 nitrogen and oxygen atoms in total. The SMILES string of the molecule is C#CCOc1cc(Cl)nc(Cl)n1. The lowest BCUT2D eigenvalue weighted by Crippen LogP contribution is -1.97. The Labute approximate surface area is 79.7 Å². The number of hydrogen-bond acceptors (Lipinski definition) is 3. The summed E-state index contributed by atoms with van der Waals surface area (Å²) in [5.74, 6) is 2.56. The van der Waals surface area contributed by atoms with Gasteiger partial charge in [0.25, 0.3) is 0 Å². The van der Waals surface area contributed by atoms with Crippen LogP contribution in [0.5, 0.6) is 5.88 Å². The Hall–Kier alpha value is -0.980. The molecule has 5 heteroatoms. The minimum atomic E-state index is 0.0366. The van der Waals surface area contributed by atoms with Crippen molar-refractivity contribution in [2.45, 2.75) is 0 Å². The van der Waals surface area contributed by atoms with E-state index in [0.717, 1.165) is 0 Å². The maximum Gasteiger partial charge on any atom is 0.227 e. The normalized spacial score (nSPS) is 9.08. The van der Waals surface area contributed by atoms with Gasteiger partial charge in [-0.2, -0.15) is 4.98 Å². The molecule has 0 atom stereocenters. The van der Waals surface area contributed by atoms with Crippen molar-refractivity contribution >= 4 is 23.2 Å². The van der Waals surface area contributed by atoms with Gasteiger partial charge in [0.05, 0.1) is 0 Å². The number of aromatic nitrogens is 2. The first kappa shape index (κ1) is 9.11. The van der Waals surface area contributed by atoms with E-state index in [1.807, 2.05) is 0 Å². The molecular formula is C7H4Cl2N2O. The highest BCUT2D eigenvalue weighted by atomic mass is 35.5. The fourth-order valence-corrected chi connectivity index (χ4v) is 0.951. The van der Waals surface area contributed by atoms with E-state index in [9.17, 15) is 0 Å². The predicted octanol–water partition coefficient (Wildman–Crippen LogP) is 1.80. The Bertz CT molecular complexity index is 301. The van der Waals surface area contributed by atoms with E-state index in [1.165, 1.54) is 6.07 Å². The molecule has 0 N–H and O–H groups in total. The maximum absolute atomic E-state index is 5.56. The molecule has 0 fully saturated rings. The van der Waals surface area contributed by atoms with E-state index < -0.39 is 0 Å². The van der Waals surface area contributed by atoms with Gasteiger partial charge in [-0.05, 0) is 11.6 Å². The molecule has 0 aliphatic carbocycles. The van der Waals surface area contributed by atoms with Crippen LogP contribution in [0.2, 0.25) is 10.4 Å². The summed E-state index contributed by atoms with van der Waals surface area (Å²) in [5, 5.41) is 0.261. The van der Waals surface area contributed by atoms with Crippen LogP contribution in [0.3, 0.4) is 0 Å². The van der Waals surface area contributed by atoms with Crippen molar-refractivity contribution in [2.75, 3.05) is 6.61 Å². The van der Waals surface area contributed by atoms with Gasteiger partial charge in [-0.15, -0.1) is 6.42 Å². The van der Waals surface area contributed by atoms with Crippen molar-refractivity contribution in [1.29, 1.82) is 0 Å². The molecule has 12 heavy (non-hydrogen) atoms. The second kappa shape index (κ2) is 4.15. The Balaban J connectivity index is 2.80. The number of terminal acetylenes is 1. The summed E-state index contributed by atoms with van der Waals surface area (Å²) in [7, 11) is 0. The third-order valence-corrected chi connectivity index (χ3v) is 1.31. The lowest BCUT2D eigenvalue weighted by Gasteiger charge is -2.00. The van der Waals surface area contributed by atoms with Crippen molar-refractivity contribution < 1.29 is 4.74 Å². The third kappa shape index (κ3) is 2.57. The Morgan fingerprint density at radius 3 is 2.83 bits per heavy atom. The zero-order chi connectivity index (χ0) is 8.97. The zero-order valence-electron chi connectivity index (χ0n) is 5.92. The predicted molar refractivity (Wildman–Crippen MR) is 46.4 cm³/mol. The summed E-state index contributed by atoms with van der Waals surface area (Å²) in [6.45, 7) is 0.129. The van der Waals surface area contributed by atoms with Crippen LogP contribution in [0.1, 0.15) is 0 Å². The Morgan fingerprint density at radius 2 is 2.25 bits per heavy atom. The van der Waals surface area contributed by atoms with Crippen molar-refractivity contribution in [2.24, 2.45) is 0 Å². The average molecular weight is 203 g/mol. The second-order valence-electron chi connectivity index (χ2n) is 1.79. The molecular weight excluding hydrogens is 199 g/mol. The summed E-state index contributed by atoms with van der Waals surface area (Å²) in [5.41, 5.74) is 0. The number of halogens is 2. The van der Waals surface area contributed by atoms with Gasteiger partial charge in [0.15, 0.2) is 6.61 Å². The smallest absolute Gasteiger partial charge is 0.227 e. The molecule has 0 unspecified atom stereocenters. The Morgan fingerprint density at radius 1 is 1.50 bits per heavy atom. The van der Waals surface area contributed by atoms with E-state index in [1.54, 1.807) is 0 Å². The molecule has 0 spiro atoms. The zero-order valence-corrected chi connectivity index (χ0v) is 7.43. The molecule has 1 aromatic heterocycles. The summed E-state index contributed by atoms with van der Waals surface area (Å²) in [6, 6.07) is 1.44. The van der Waals surface area contributed by atoms with Gasteiger partial charge >= 0.3 is 0 Å². The minimum absolute atomic E-state index is 0.0366. The van der Waals surface area contributed by atoms with Crippen molar-refractivity contribution in [1.82, 2.24) is 9.97 Å². The van der Waals surface area contributed by atoms with Crippen LogP contribution in [0, 0.1) is 12.3 Å². The van der Waals surface area contributed by atoms with Gasteiger partial charge in [-0.1, -0.05) is 17.5 Å². The largest absolute Gasteiger partial charge is 0.464 e. The molecule has 0 aliphatic rings. The van der Waals surface area contributed by atoms with Gasteiger partial charge < -0.3 is 4.74 Å². The Kier molecular flexibility index (Phi) is 3.15. The maximum atomic E-state index is 5.56. The lowest BCUT2D eigenvalue weighted by atomic mass is 10.6. The number of ether oxygens (including phenoxy) is 1. The van der Waals surface area contributed by atoms with Crippen LogP contribution in [-0.4, -0.2) is 16.6 Å². The monoisotopic (exact) mass is 202 g/mol. The third-order valence-electron chi connectivity index (χ3n) is 0.947. The summed E-state index contributed by atoms with van der Waals surface area (Å²) in [4.78, 5) is 7.35. The number of hydrogen-bond donors (Lipinski definition) is 0. The van der Waals surface area contributed by atoms with Crippen LogP contribution in [-0.2, 0) is 0 Å². The van der Waals surface area contributed by atoms with E-state index in [-0.39, 0.29) is 22.9 Å². The van der Waals surface area contributed by atoms with Crippen molar-refractivity contribution in [3.05, 3.63) is 16.5 Å². The number of rotatable bonds is 2. The quantitative estimate of drug-likeness (QED) is 0.417. The van der Waals surface area contributed by atoms with E-state index in [4.69, 9.17) is 34.4 Å². The summed E-state index contributed by atoms with van der Waals surface area (Å²) in [6.07, 6.45) is 4.97. The van der Waals surface area contributed by atoms with Crippen LogP contribution in [0.25, 0.3) is 0 Å². The highest BCUT2D eigenvalue weighted by Crippen LogP contribution is 2.15. The number of nitrogens with zero attached hydrogens (tertiary/aromatic N) is 2. The summed E-state index contributed by atoms with van der Waals surface area (Å²) >= 11 is 11.1. The highest BCUT2D eigenvalue weighted by molar-refractivity contribution is 6.31.